The summed E-state index contributed by atoms with van der Waals surface area (Å²) in [5.74, 6) is 0. The van der Waals surface area contributed by atoms with Gasteiger partial charge in [-0.15, -0.1) is 0 Å². The van der Waals surface area contributed by atoms with Crippen LogP contribution in [0.25, 0.3) is 0 Å². The van der Waals surface area contributed by atoms with Crippen molar-refractivity contribution in [1.82, 2.24) is 5.32 Å². The number of nitrogens with one attached hydrogen (secondary N) is 1. The molecule has 0 amide bonds. The van der Waals surface area contributed by atoms with E-state index in [0.29, 0.717) is 11.5 Å². The molecule has 1 unspecified atom stereocenters. The standard InChI is InChI=1S/C19H31N/c1-6-20-18(19(5)10-8-7-9-11-19)17-13-15(3)14(2)12-16(17)4/h12-13,18,20H,6-11H2,1-5H3. The fourth-order valence-corrected chi connectivity index (χ4v) is 3.88. The topological polar surface area (TPSA) is 12.0 Å². The van der Waals surface area contributed by atoms with Gasteiger partial charge >= 0.3 is 0 Å². The zero-order valence-corrected chi connectivity index (χ0v) is 14.0. The number of rotatable bonds is 4. The van der Waals surface area contributed by atoms with Crippen molar-refractivity contribution in [2.24, 2.45) is 5.41 Å². The van der Waals surface area contributed by atoms with E-state index in [4.69, 9.17) is 0 Å². The fraction of sp³-hybridized carbons (Fsp3) is 0.684. The highest BCUT2D eigenvalue weighted by atomic mass is 14.9. The first kappa shape index (κ1) is 15.6. The van der Waals surface area contributed by atoms with Gasteiger partial charge in [-0.3, -0.25) is 0 Å². The van der Waals surface area contributed by atoms with Crippen LogP contribution in [-0.2, 0) is 0 Å². The van der Waals surface area contributed by atoms with Gasteiger partial charge in [-0.2, -0.15) is 0 Å². The van der Waals surface area contributed by atoms with Crippen LogP contribution < -0.4 is 5.32 Å². The summed E-state index contributed by atoms with van der Waals surface area (Å²) in [6.07, 6.45) is 6.92. The zero-order chi connectivity index (χ0) is 14.8. The Bertz CT molecular complexity index is 455. The van der Waals surface area contributed by atoms with Crippen LogP contribution in [-0.4, -0.2) is 6.54 Å². The molecule has 1 aliphatic carbocycles. The van der Waals surface area contributed by atoms with Crippen LogP contribution >= 0.6 is 0 Å². The number of benzene rings is 1. The smallest absolute Gasteiger partial charge is 0.0377 e. The third kappa shape index (κ3) is 3.09. The van der Waals surface area contributed by atoms with Crippen molar-refractivity contribution in [2.45, 2.75) is 72.8 Å². The molecule has 0 aromatic heterocycles. The van der Waals surface area contributed by atoms with Crippen LogP contribution in [0.1, 0.15) is 74.2 Å². The van der Waals surface area contributed by atoms with Crippen molar-refractivity contribution < 1.29 is 0 Å². The third-order valence-corrected chi connectivity index (χ3v) is 5.29. The van der Waals surface area contributed by atoms with E-state index in [1.807, 2.05) is 0 Å². The van der Waals surface area contributed by atoms with Crippen molar-refractivity contribution in [2.75, 3.05) is 6.54 Å². The molecule has 1 nitrogen and oxygen atoms in total. The van der Waals surface area contributed by atoms with Gasteiger partial charge in [0.2, 0.25) is 0 Å². The number of hydrogen-bond donors (Lipinski definition) is 1. The average molecular weight is 273 g/mol. The van der Waals surface area contributed by atoms with Gasteiger partial charge in [-0.05, 0) is 67.8 Å². The van der Waals surface area contributed by atoms with Crippen LogP contribution in [0.15, 0.2) is 12.1 Å². The van der Waals surface area contributed by atoms with Crippen LogP contribution in [0.2, 0.25) is 0 Å². The summed E-state index contributed by atoms with van der Waals surface area (Å²) in [4.78, 5) is 0. The number of hydrogen-bond acceptors (Lipinski definition) is 1. The van der Waals surface area contributed by atoms with E-state index >= 15 is 0 Å². The highest BCUT2D eigenvalue weighted by molar-refractivity contribution is 5.39. The van der Waals surface area contributed by atoms with Gasteiger partial charge in [-0.25, -0.2) is 0 Å². The van der Waals surface area contributed by atoms with E-state index in [-0.39, 0.29) is 0 Å². The Hall–Kier alpha value is -0.820. The molecule has 1 atom stereocenters. The van der Waals surface area contributed by atoms with Gasteiger partial charge < -0.3 is 5.32 Å². The molecule has 0 bridgehead atoms. The highest BCUT2D eigenvalue weighted by Crippen LogP contribution is 2.46. The van der Waals surface area contributed by atoms with Crippen molar-refractivity contribution in [3.8, 4) is 0 Å². The average Bonchev–Trinajstić information content (AvgIpc) is 2.41. The Morgan fingerprint density at radius 3 is 2.20 bits per heavy atom. The second-order valence-corrected chi connectivity index (χ2v) is 7.00. The highest BCUT2D eigenvalue weighted by Gasteiger charge is 2.36. The molecule has 1 N–H and O–H groups in total. The molecule has 0 spiro atoms. The van der Waals surface area contributed by atoms with Crippen LogP contribution in [0, 0.1) is 26.2 Å². The predicted molar refractivity (Wildman–Crippen MR) is 88.3 cm³/mol. The van der Waals surface area contributed by atoms with Crippen molar-refractivity contribution in [1.29, 1.82) is 0 Å². The van der Waals surface area contributed by atoms with Crippen LogP contribution in [0.3, 0.4) is 0 Å². The Morgan fingerprint density at radius 2 is 1.60 bits per heavy atom. The van der Waals surface area contributed by atoms with E-state index < -0.39 is 0 Å². The van der Waals surface area contributed by atoms with Gasteiger partial charge in [-0.1, -0.05) is 45.2 Å². The van der Waals surface area contributed by atoms with Crippen molar-refractivity contribution in [3.63, 3.8) is 0 Å². The first-order valence-corrected chi connectivity index (χ1v) is 8.29. The summed E-state index contributed by atoms with van der Waals surface area (Å²) >= 11 is 0. The molecule has 112 valence electrons. The van der Waals surface area contributed by atoms with E-state index in [0.717, 1.165) is 6.54 Å². The predicted octanol–water partition coefficient (Wildman–Crippen LogP) is 5.23. The monoisotopic (exact) mass is 273 g/mol. The molecule has 0 aliphatic heterocycles. The first-order valence-electron chi connectivity index (χ1n) is 8.29. The lowest BCUT2D eigenvalue weighted by Crippen LogP contribution is -2.38. The maximum absolute atomic E-state index is 3.80. The SMILES string of the molecule is CCNC(c1cc(C)c(C)cc1C)C1(C)CCCCC1. The second-order valence-electron chi connectivity index (χ2n) is 7.00. The van der Waals surface area contributed by atoms with Crippen LogP contribution in [0.4, 0.5) is 0 Å². The lowest BCUT2D eigenvalue weighted by atomic mass is 9.68. The summed E-state index contributed by atoms with van der Waals surface area (Å²) in [5, 5.41) is 3.80. The number of aryl methyl sites for hydroxylation is 3. The molecule has 1 aliphatic rings. The summed E-state index contributed by atoms with van der Waals surface area (Å²) in [6, 6.07) is 5.30. The second kappa shape index (κ2) is 6.30. The summed E-state index contributed by atoms with van der Waals surface area (Å²) in [7, 11) is 0. The molecule has 0 heterocycles. The third-order valence-electron chi connectivity index (χ3n) is 5.29. The van der Waals surface area contributed by atoms with Crippen molar-refractivity contribution in [3.05, 3.63) is 34.4 Å². The Kier molecular flexibility index (Phi) is 4.90. The van der Waals surface area contributed by atoms with E-state index in [1.54, 1.807) is 0 Å². The summed E-state index contributed by atoms with van der Waals surface area (Å²) < 4.78 is 0. The molecule has 0 saturated heterocycles. The van der Waals surface area contributed by atoms with Crippen LogP contribution in [0.5, 0.6) is 0 Å². The minimum Gasteiger partial charge on any atom is -0.310 e. The van der Waals surface area contributed by atoms with Gasteiger partial charge in [0.15, 0.2) is 0 Å². The Morgan fingerprint density at radius 1 is 1.00 bits per heavy atom. The molecule has 0 radical (unpaired) electrons. The molecular formula is C19H31N. The van der Waals surface area contributed by atoms with Gasteiger partial charge in [0.25, 0.3) is 0 Å². The maximum Gasteiger partial charge on any atom is 0.0377 e. The van der Waals surface area contributed by atoms with E-state index in [1.165, 1.54) is 54.4 Å². The molecule has 1 aromatic carbocycles. The molecule has 1 saturated carbocycles. The maximum atomic E-state index is 3.80. The van der Waals surface area contributed by atoms with Gasteiger partial charge in [0.1, 0.15) is 0 Å². The zero-order valence-electron chi connectivity index (χ0n) is 14.0. The van der Waals surface area contributed by atoms with Gasteiger partial charge in [0, 0.05) is 6.04 Å². The molecule has 1 heteroatoms. The van der Waals surface area contributed by atoms with E-state index in [9.17, 15) is 0 Å². The minimum atomic E-state index is 0.417. The summed E-state index contributed by atoms with van der Waals surface area (Å²) in [6.45, 7) is 12.5. The Balaban J connectivity index is 2.40. The largest absolute Gasteiger partial charge is 0.310 e. The van der Waals surface area contributed by atoms with Crippen molar-refractivity contribution >= 4 is 0 Å². The summed E-state index contributed by atoms with van der Waals surface area (Å²) in [5.41, 5.74) is 6.23. The first-order chi connectivity index (χ1) is 9.48. The van der Waals surface area contributed by atoms with E-state index in [2.05, 4.69) is 52.1 Å². The Labute approximate surface area is 125 Å². The quantitative estimate of drug-likeness (QED) is 0.791. The minimum absolute atomic E-state index is 0.417. The molecule has 1 fully saturated rings. The molecular weight excluding hydrogens is 242 g/mol. The normalized spacial score (nSPS) is 19.9. The fourth-order valence-electron chi connectivity index (χ4n) is 3.88. The molecule has 2 rings (SSSR count). The van der Waals surface area contributed by atoms with Gasteiger partial charge in [0.05, 0.1) is 0 Å². The lowest BCUT2D eigenvalue weighted by Gasteiger charge is -2.42. The molecule has 1 aromatic rings. The molecule has 20 heavy (non-hydrogen) atoms. The lowest BCUT2D eigenvalue weighted by molar-refractivity contribution is 0.145.